The molecule has 1 amide bonds. The van der Waals surface area contributed by atoms with Crippen molar-refractivity contribution >= 4 is 33.3 Å². The van der Waals surface area contributed by atoms with Gasteiger partial charge in [-0.1, -0.05) is 0 Å². The van der Waals surface area contributed by atoms with Gasteiger partial charge in [0.2, 0.25) is 0 Å². The molecule has 2 N–H and O–H groups in total. The van der Waals surface area contributed by atoms with Gasteiger partial charge in [0.15, 0.2) is 0 Å². The predicted molar refractivity (Wildman–Crippen MR) is 72.6 cm³/mol. The number of nitrogens with one attached hydrogen (secondary N) is 1. The molecule has 2 rings (SSSR count). The monoisotopic (exact) mass is 297 g/mol. The van der Waals surface area contributed by atoms with Gasteiger partial charge in [-0.15, -0.1) is 11.3 Å². The lowest BCUT2D eigenvalue weighted by atomic mass is 10.2. The van der Waals surface area contributed by atoms with Crippen molar-refractivity contribution in [3.8, 4) is 0 Å². The van der Waals surface area contributed by atoms with Crippen molar-refractivity contribution in [3.05, 3.63) is 35.0 Å². The Morgan fingerprint density at radius 3 is 2.90 bits per heavy atom. The zero-order chi connectivity index (χ0) is 14.5. The first kappa shape index (κ1) is 14.4. The summed E-state index contributed by atoms with van der Waals surface area (Å²) in [6.45, 7) is -0.0513. The van der Waals surface area contributed by atoms with Crippen LogP contribution in [0.4, 0.5) is 4.39 Å². The number of carboxylic acids is 1. The number of ether oxygens (including phenoxy) is 1. The van der Waals surface area contributed by atoms with Gasteiger partial charge in [0.05, 0.1) is 11.5 Å². The Morgan fingerprint density at radius 1 is 1.35 bits per heavy atom. The molecule has 1 aromatic carbocycles. The molecule has 0 saturated heterocycles. The Hall–Kier alpha value is -1.99. The predicted octanol–water partition coefficient (Wildman–Crippen LogP) is 1.87. The molecular formula is C13H12FNO4S. The molecule has 1 aromatic heterocycles. The first-order valence-electron chi connectivity index (χ1n) is 5.83. The summed E-state index contributed by atoms with van der Waals surface area (Å²) < 4.78 is 18.7. The van der Waals surface area contributed by atoms with Gasteiger partial charge in [0, 0.05) is 11.2 Å². The van der Waals surface area contributed by atoms with E-state index in [4.69, 9.17) is 9.84 Å². The van der Waals surface area contributed by atoms with Crippen LogP contribution in [0.2, 0.25) is 0 Å². The maximum atomic E-state index is 13.0. The molecule has 0 fully saturated rings. The minimum absolute atomic E-state index is 0.123. The molecule has 0 bridgehead atoms. The highest BCUT2D eigenvalue weighted by Crippen LogP contribution is 2.26. The molecule has 0 atom stereocenters. The van der Waals surface area contributed by atoms with Gasteiger partial charge >= 0.3 is 5.97 Å². The van der Waals surface area contributed by atoms with Gasteiger partial charge in [-0.3, -0.25) is 4.79 Å². The second kappa shape index (κ2) is 6.44. The van der Waals surface area contributed by atoms with Crippen LogP contribution < -0.4 is 5.32 Å². The number of amides is 1. The molecule has 5 nitrogen and oxygen atoms in total. The van der Waals surface area contributed by atoms with Crippen LogP contribution in [-0.4, -0.2) is 36.7 Å². The topological polar surface area (TPSA) is 75.6 Å². The minimum Gasteiger partial charge on any atom is -0.480 e. The van der Waals surface area contributed by atoms with Crippen LogP contribution in [0.25, 0.3) is 10.1 Å². The summed E-state index contributed by atoms with van der Waals surface area (Å²) in [5, 5.41) is 11.7. The first-order valence-corrected chi connectivity index (χ1v) is 6.65. The summed E-state index contributed by atoms with van der Waals surface area (Å²) in [6.07, 6.45) is 0. The molecule has 106 valence electrons. The van der Waals surface area contributed by atoms with Crippen molar-refractivity contribution in [2.24, 2.45) is 0 Å². The largest absolute Gasteiger partial charge is 0.480 e. The molecule has 0 spiro atoms. The van der Waals surface area contributed by atoms with Crippen molar-refractivity contribution in [1.29, 1.82) is 0 Å². The van der Waals surface area contributed by atoms with Gasteiger partial charge in [-0.25, -0.2) is 9.18 Å². The second-order valence-electron chi connectivity index (χ2n) is 4.00. The van der Waals surface area contributed by atoms with E-state index >= 15 is 0 Å². The van der Waals surface area contributed by atoms with Gasteiger partial charge in [0.25, 0.3) is 5.91 Å². The summed E-state index contributed by atoms with van der Waals surface area (Å²) in [5.74, 6) is -1.68. The van der Waals surface area contributed by atoms with Crippen LogP contribution in [0.1, 0.15) is 9.67 Å². The smallest absolute Gasteiger partial charge is 0.329 e. The van der Waals surface area contributed by atoms with E-state index in [-0.39, 0.29) is 24.9 Å². The maximum Gasteiger partial charge on any atom is 0.329 e. The Labute approximate surface area is 118 Å². The summed E-state index contributed by atoms with van der Waals surface area (Å²) in [4.78, 5) is 22.5. The quantitative estimate of drug-likeness (QED) is 0.798. The van der Waals surface area contributed by atoms with Crippen LogP contribution in [0.5, 0.6) is 0 Å². The molecule has 1 heterocycles. The standard InChI is InChI=1S/C13H12FNO4S/c14-9-1-2-10-8(5-9)6-11(20-10)13(18)15-3-4-19-7-12(16)17/h1-2,5-6H,3-4,7H2,(H,15,18)(H,16,17). The van der Waals surface area contributed by atoms with Crippen LogP contribution in [0.3, 0.4) is 0 Å². The number of carbonyl (C=O) groups excluding carboxylic acids is 1. The van der Waals surface area contributed by atoms with E-state index in [1.165, 1.54) is 23.5 Å². The lowest BCUT2D eigenvalue weighted by Gasteiger charge is -2.03. The van der Waals surface area contributed by atoms with Crippen LogP contribution in [-0.2, 0) is 9.53 Å². The number of thiophene rings is 1. The molecule has 0 aliphatic carbocycles. The third-order valence-corrected chi connectivity index (χ3v) is 3.57. The number of benzene rings is 1. The SMILES string of the molecule is O=C(O)COCCNC(=O)c1cc2cc(F)ccc2s1. The number of carbonyl (C=O) groups is 2. The van der Waals surface area contributed by atoms with Crippen molar-refractivity contribution in [2.45, 2.75) is 0 Å². The van der Waals surface area contributed by atoms with E-state index in [0.29, 0.717) is 10.3 Å². The van der Waals surface area contributed by atoms with Crippen LogP contribution in [0, 0.1) is 5.82 Å². The highest BCUT2D eigenvalue weighted by Gasteiger charge is 2.10. The average molecular weight is 297 g/mol. The number of rotatable bonds is 6. The summed E-state index contributed by atoms with van der Waals surface area (Å²) in [7, 11) is 0. The normalized spacial score (nSPS) is 10.7. The highest BCUT2D eigenvalue weighted by atomic mass is 32.1. The Kier molecular flexibility index (Phi) is 4.65. The Balaban J connectivity index is 1.89. The van der Waals surface area contributed by atoms with E-state index in [1.54, 1.807) is 12.1 Å². The molecule has 0 radical (unpaired) electrons. The molecular weight excluding hydrogens is 285 g/mol. The lowest BCUT2D eigenvalue weighted by molar-refractivity contribution is -0.142. The average Bonchev–Trinajstić information content (AvgIpc) is 2.80. The van der Waals surface area contributed by atoms with E-state index < -0.39 is 12.6 Å². The zero-order valence-electron chi connectivity index (χ0n) is 10.4. The van der Waals surface area contributed by atoms with Gasteiger partial charge in [-0.2, -0.15) is 0 Å². The molecule has 0 saturated carbocycles. The molecule has 0 unspecified atom stereocenters. The molecule has 2 aromatic rings. The fourth-order valence-corrected chi connectivity index (χ4v) is 2.57. The minimum atomic E-state index is -1.05. The Bertz CT molecular complexity index is 640. The van der Waals surface area contributed by atoms with E-state index in [1.807, 2.05) is 0 Å². The number of aliphatic carboxylic acids is 1. The highest BCUT2D eigenvalue weighted by molar-refractivity contribution is 7.20. The van der Waals surface area contributed by atoms with Crippen molar-refractivity contribution in [2.75, 3.05) is 19.8 Å². The third kappa shape index (κ3) is 3.75. The fourth-order valence-electron chi connectivity index (χ4n) is 1.61. The van der Waals surface area contributed by atoms with E-state index in [2.05, 4.69) is 5.32 Å². The summed E-state index contributed by atoms with van der Waals surface area (Å²) >= 11 is 1.27. The van der Waals surface area contributed by atoms with E-state index in [9.17, 15) is 14.0 Å². The molecule has 0 aliphatic heterocycles. The Morgan fingerprint density at radius 2 is 2.15 bits per heavy atom. The summed E-state index contributed by atoms with van der Waals surface area (Å²) in [6, 6.07) is 5.97. The number of carboxylic acid groups (broad SMARTS) is 1. The first-order chi connectivity index (χ1) is 9.56. The second-order valence-corrected chi connectivity index (χ2v) is 5.08. The van der Waals surface area contributed by atoms with Crippen molar-refractivity contribution in [3.63, 3.8) is 0 Å². The number of fused-ring (bicyclic) bond motifs is 1. The number of halogens is 1. The van der Waals surface area contributed by atoms with Crippen LogP contribution in [0.15, 0.2) is 24.3 Å². The van der Waals surface area contributed by atoms with Gasteiger partial charge in [0.1, 0.15) is 12.4 Å². The fraction of sp³-hybridized carbons (Fsp3) is 0.231. The number of hydrogen-bond acceptors (Lipinski definition) is 4. The molecule has 0 aliphatic rings. The number of hydrogen-bond donors (Lipinski definition) is 2. The summed E-state index contributed by atoms with van der Waals surface area (Å²) in [5.41, 5.74) is 0. The van der Waals surface area contributed by atoms with Crippen LogP contribution >= 0.6 is 11.3 Å². The molecule has 7 heteroatoms. The maximum absolute atomic E-state index is 13.0. The lowest BCUT2D eigenvalue weighted by Crippen LogP contribution is -2.27. The molecule has 20 heavy (non-hydrogen) atoms. The van der Waals surface area contributed by atoms with Gasteiger partial charge in [-0.05, 0) is 29.7 Å². The van der Waals surface area contributed by atoms with Crippen molar-refractivity contribution < 1.29 is 23.8 Å². The van der Waals surface area contributed by atoms with Crippen molar-refractivity contribution in [1.82, 2.24) is 5.32 Å². The zero-order valence-corrected chi connectivity index (χ0v) is 11.2. The third-order valence-electron chi connectivity index (χ3n) is 2.46. The van der Waals surface area contributed by atoms with Gasteiger partial charge < -0.3 is 15.2 Å². The van der Waals surface area contributed by atoms with E-state index in [0.717, 1.165) is 4.70 Å².